The number of alkyl halides is 3. The number of carbonyl (C=O) groups excluding carboxylic acids is 2. The van der Waals surface area contributed by atoms with Crippen LogP contribution in [-0.2, 0) is 9.59 Å². The third-order valence-electron chi connectivity index (χ3n) is 4.85. The molecule has 2 aliphatic rings. The van der Waals surface area contributed by atoms with Gasteiger partial charge in [-0.05, 0) is 24.3 Å². The highest BCUT2D eigenvalue weighted by atomic mass is 35.5. The van der Waals surface area contributed by atoms with Crippen molar-refractivity contribution in [3.8, 4) is 11.5 Å². The molecular weight excluding hydrogens is 446 g/mol. The van der Waals surface area contributed by atoms with Crippen molar-refractivity contribution in [1.82, 2.24) is 16.0 Å². The summed E-state index contributed by atoms with van der Waals surface area (Å²) < 4.78 is 44.2. The first-order chi connectivity index (χ1) is 14.1. The molecule has 0 spiro atoms. The maximum atomic E-state index is 12.8. The molecule has 2 unspecified atom stereocenters. The van der Waals surface area contributed by atoms with Crippen LogP contribution in [0.5, 0.6) is 11.5 Å². The highest BCUT2D eigenvalue weighted by molar-refractivity contribution is 6.31. The maximum Gasteiger partial charge on any atom is 0.422 e. The summed E-state index contributed by atoms with van der Waals surface area (Å²) in [4.78, 5) is 24.9. The Bertz CT molecular complexity index is 980. The van der Waals surface area contributed by atoms with Gasteiger partial charge in [-0.15, -0.1) is 0 Å². The first-order valence-corrected chi connectivity index (χ1v) is 9.56. The van der Waals surface area contributed by atoms with Gasteiger partial charge in [0.2, 0.25) is 11.8 Å². The monoisotopic (exact) mass is 459 g/mol. The predicted molar refractivity (Wildman–Crippen MR) is 102 cm³/mol. The van der Waals surface area contributed by atoms with Crippen molar-refractivity contribution in [2.45, 2.75) is 18.4 Å². The van der Waals surface area contributed by atoms with Gasteiger partial charge in [0.25, 0.3) is 0 Å². The Morgan fingerprint density at radius 1 is 1.07 bits per heavy atom. The molecule has 0 radical (unpaired) electrons. The first-order valence-electron chi connectivity index (χ1n) is 8.81. The third kappa shape index (κ3) is 3.92. The number of hydrogen-bond acceptors (Lipinski definition) is 4. The highest BCUT2D eigenvalue weighted by Crippen LogP contribution is 2.44. The average molecular weight is 460 g/mol. The molecule has 6 nitrogen and oxygen atoms in total. The van der Waals surface area contributed by atoms with E-state index in [0.29, 0.717) is 32.7 Å². The number of nitrogens with one attached hydrogen (secondary N) is 3. The minimum absolute atomic E-state index is 0.394. The van der Waals surface area contributed by atoms with E-state index < -0.39 is 42.7 Å². The Balaban J connectivity index is 1.60. The number of ether oxygens (including phenoxy) is 1. The zero-order valence-electron chi connectivity index (χ0n) is 15.0. The lowest BCUT2D eigenvalue weighted by Gasteiger charge is -2.33. The van der Waals surface area contributed by atoms with Gasteiger partial charge in [-0.25, -0.2) is 0 Å². The molecule has 0 saturated carbocycles. The second-order valence-electron chi connectivity index (χ2n) is 6.85. The summed E-state index contributed by atoms with van der Waals surface area (Å²) in [5.74, 6) is -2.28. The van der Waals surface area contributed by atoms with Crippen molar-refractivity contribution < 1.29 is 27.5 Å². The van der Waals surface area contributed by atoms with E-state index in [1.165, 1.54) is 0 Å². The van der Waals surface area contributed by atoms with Crippen LogP contribution in [0.1, 0.15) is 17.2 Å². The molecule has 1 fully saturated rings. The third-order valence-corrected chi connectivity index (χ3v) is 5.32. The first kappa shape index (κ1) is 20.8. The Morgan fingerprint density at radius 2 is 1.63 bits per heavy atom. The standard InChI is InChI=1S/C19H14Cl2F3N3O3/c20-8-1-3-10-13(5-8)30-14-6-9(21)2-4-11(14)15(10)26-16(28)12-7-25-18(19(22,23)24)27-17(12)29/h1-6,12,15,18,25H,7H2,(H,26,28)(H,27,29). The Kier molecular flexibility index (Phi) is 5.29. The lowest BCUT2D eigenvalue weighted by Crippen LogP contribution is -2.64. The quantitative estimate of drug-likeness (QED) is 0.600. The number of fused-ring (bicyclic) bond motifs is 2. The van der Waals surface area contributed by atoms with E-state index in [1.807, 2.05) is 0 Å². The molecule has 2 heterocycles. The molecule has 4 rings (SSSR count). The van der Waals surface area contributed by atoms with E-state index in [4.69, 9.17) is 27.9 Å². The molecule has 2 atom stereocenters. The van der Waals surface area contributed by atoms with Crippen molar-refractivity contribution in [3.63, 3.8) is 0 Å². The number of rotatable bonds is 2. The van der Waals surface area contributed by atoms with Gasteiger partial charge in [0.15, 0.2) is 6.17 Å². The molecule has 30 heavy (non-hydrogen) atoms. The lowest BCUT2D eigenvalue weighted by molar-refractivity contribution is -0.175. The molecular formula is C19H14Cl2F3N3O3. The smallest absolute Gasteiger partial charge is 0.422 e. The van der Waals surface area contributed by atoms with E-state index in [2.05, 4.69) is 10.6 Å². The predicted octanol–water partition coefficient (Wildman–Crippen LogP) is 3.53. The van der Waals surface area contributed by atoms with Crippen LogP contribution in [0.25, 0.3) is 0 Å². The molecule has 2 aliphatic heterocycles. The summed E-state index contributed by atoms with van der Waals surface area (Å²) in [5.41, 5.74) is 1.17. The average Bonchev–Trinajstić information content (AvgIpc) is 2.66. The van der Waals surface area contributed by atoms with Crippen LogP contribution in [0.4, 0.5) is 13.2 Å². The topological polar surface area (TPSA) is 79.5 Å². The normalized spacial score (nSPS) is 21.2. The van der Waals surface area contributed by atoms with E-state index in [9.17, 15) is 22.8 Å². The van der Waals surface area contributed by atoms with E-state index in [-0.39, 0.29) is 0 Å². The van der Waals surface area contributed by atoms with Crippen LogP contribution in [0.15, 0.2) is 36.4 Å². The van der Waals surface area contributed by atoms with Crippen molar-refractivity contribution in [1.29, 1.82) is 0 Å². The van der Waals surface area contributed by atoms with Crippen molar-refractivity contribution in [2.75, 3.05) is 6.54 Å². The summed E-state index contributed by atoms with van der Waals surface area (Å²) in [6.45, 7) is -0.452. The molecule has 2 aromatic rings. The lowest BCUT2D eigenvalue weighted by atomic mass is 9.93. The summed E-state index contributed by atoms with van der Waals surface area (Å²) in [7, 11) is 0. The Labute approximate surface area is 178 Å². The van der Waals surface area contributed by atoms with E-state index in [0.717, 1.165) is 0 Å². The van der Waals surface area contributed by atoms with Gasteiger partial charge in [0, 0.05) is 27.7 Å². The van der Waals surface area contributed by atoms with Gasteiger partial charge in [0.05, 0.1) is 6.04 Å². The summed E-state index contributed by atoms with van der Waals surface area (Å²) in [6.07, 6.45) is -6.85. The second-order valence-corrected chi connectivity index (χ2v) is 7.72. The van der Waals surface area contributed by atoms with Crippen LogP contribution in [0, 0.1) is 5.92 Å². The fraction of sp³-hybridized carbons (Fsp3) is 0.263. The van der Waals surface area contributed by atoms with Crippen LogP contribution in [-0.4, -0.2) is 30.7 Å². The highest BCUT2D eigenvalue weighted by Gasteiger charge is 2.46. The molecule has 0 aromatic heterocycles. The van der Waals surface area contributed by atoms with Crippen LogP contribution >= 0.6 is 23.2 Å². The fourth-order valence-corrected chi connectivity index (χ4v) is 3.71. The molecule has 1 saturated heterocycles. The van der Waals surface area contributed by atoms with Gasteiger partial charge in [0.1, 0.15) is 17.4 Å². The van der Waals surface area contributed by atoms with E-state index >= 15 is 0 Å². The molecule has 2 aromatic carbocycles. The SMILES string of the molecule is O=C(NC1c2ccc(Cl)cc2Oc2cc(Cl)ccc21)C1CNC(C(F)(F)F)NC1=O. The van der Waals surface area contributed by atoms with E-state index in [1.54, 1.807) is 41.7 Å². The zero-order chi connectivity index (χ0) is 21.6. The minimum atomic E-state index is -4.66. The number of amides is 2. The molecule has 0 bridgehead atoms. The molecule has 0 aliphatic carbocycles. The van der Waals surface area contributed by atoms with Crippen LogP contribution < -0.4 is 20.7 Å². The van der Waals surface area contributed by atoms with Gasteiger partial charge >= 0.3 is 6.18 Å². The molecule has 158 valence electrons. The summed E-state index contributed by atoms with van der Waals surface area (Å²) in [6, 6.07) is 9.00. The van der Waals surface area contributed by atoms with Crippen molar-refractivity contribution in [3.05, 3.63) is 57.6 Å². The van der Waals surface area contributed by atoms with Gasteiger partial charge in [-0.3, -0.25) is 14.9 Å². The summed E-state index contributed by atoms with van der Waals surface area (Å²) >= 11 is 12.1. The second kappa shape index (κ2) is 7.64. The summed E-state index contributed by atoms with van der Waals surface area (Å²) in [5, 5.41) is 7.48. The van der Waals surface area contributed by atoms with Crippen LogP contribution in [0.2, 0.25) is 10.0 Å². The minimum Gasteiger partial charge on any atom is -0.456 e. The molecule has 2 amide bonds. The maximum absolute atomic E-state index is 12.8. The van der Waals surface area contributed by atoms with Crippen molar-refractivity contribution in [2.24, 2.45) is 5.92 Å². The Morgan fingerprint density at radius 3 is 2.13 bits per heavy atom. The Hall–Kier alpha value is -2.49. The molecule has 11 heteroatoms. The van der Waals surface area contributed by atoms with Gasteiger partial charge < -0.3 is 15.4 Å². The fourth-order valence-electron chi connectivity index (χ4n) is 3.39. The number of hydrogen-bond donors (Lipinski definition) is 3. The van der Waals surface area contributed by atoms with Crippen molar-refractivity contribution >= 4 is 35.0 Å². The number of benzene rings is 2. The van der Waals surface area contributed by atoms with Gasteiger partial charge in [-0.1, -0.05) is 35.3 Å². The zero-order valence-corrected chi connectivity index (χ0v) is 16.5. The van der Waals surface area contributed by atoms with Gasteiger partial charge in [-0.2, -0.15) is 13.2 Å². The molecule has 3 N–H and O–H groups in total. The van der Waals surface area contributed by atoms with Crippen LogP contribution in [0.3, 0.4) is 0 Å². The largest absolute Gasteiger partial charge is 0.456 e. The number of halogens is 5. The number of carbonyl (C=O) groups is 2.